The number of ether oxygens (including phenoxy) is 2. The fourth-order valence-corrected chi connectivity index (χ4v) is 2.00. The topological polar surface area (TPSA) is 18.5 Å². The number of benzene rings is 1. The van der Waals surface area contributed by atoms with E-state index >= 15 is 0 Å². The van der Waals surface area contributed by atoms with Gasteiger partial charge in [0, 0.05) is 11.4 Å². The lowest BCUT2D eigenvalue weighted by molar-refractivity contribution is -0.140. The second kappa shape index (κ2) is 5.17. The van der Waals surface area contributed by atoms with E-state index < -0.39 is 0 Å². The maximum Gasteiger partial charge on any atom is 0.158 e. The number of hydrogen-bond donors (Lipinski definition) is 0. The lowest BCUT2D eigenvalue weighted by Crippen LogP contribution is -2.13. The second-order valence-corrected chi connectivity index (χ2v) is 4.87. The molecule has 2 rings (SSSR count). The summed E-state index contributed by atoms with van der Waals surface area (Å²) in [4.78, 5) is 0. The van der Waals surface area contributed by atoms with Crippen molar-refractivity contribution >= 4 is 11.6 Å². The Kier molecular flexibility index (Phi) is 3.85. The van der Waals surface area contributed by atoms with E-state index in [-0.39, 0.29) is 12.4 Å². The fourth-order valence-electron chi connectivity index (χ4n) is 1.87. The van der Waals surface area contributed by atoms with Gasteiger partial charge < -0.3 is 9.47 Å². The van der Waals surface area contributed by atoms with Crippen molar-refractivity contribution in [2.45, 2.75) is 32.7 Å². The van der Waals surface area contributed by atoms with Crippen LogP contribution in [0, 0.1) is 5.92 Å². The van der Waals surface area contributed by atoms with Crippen LogP contribution in [0.5, 0.6) is 0 Å². The molecule has 0 aliphatic carbocycles. The van der Waals surface area contributed by atoms with Gasteiger partial charge >= 0.3 is 0 Å². The van der Waals surface area contributed by atoms with Crippen LogP contribution in [0.4, 0.5) is 0 Å². The third-order valence-corrected chi connectivity index (χ3v) is 3.11. The van der Waals surface area contributed by atoms with Crippen LogP contribution < -0.4 is 0 Å². The zero-order valence-corrected chi connectivity index (χ0v) is 10.4. The average Bonchev–Trinajstić information content (AvgIpc) is 2.65. The summed E-state index contributed by atoms with van der Waals surface area (Å²) >= 11 is 5.84. The van der Waals surface area contributed by atoms with Crippen LogP contribution in [-0.2, 0) is 9.47 Å². The summed E-state index contributed by atoms with van der Waals surface area (Å²) in [6.45, 7) is 5.02. The molecule has 0 radical (unpaired) electrons. The minimum absolute atomic E-state index is 0.0487. The SMILES string of the molecule is CC(OC1C[C@@H](C)CO1)c1ccc(Cl)cc1. The molecule has 1 heterocycles. The van der Waals surface area contributed by atoms with Crippen molar-refractivity contribution in [3.05, 3.63) is 34.9 Å². The lowest BCUT2D eigenvalue weighted by Gasteiger charge is -2.18. The van der Waals surface area contributed by atoms with E-state index in [2.05, 4.69) is 6.92 Å². The van der Waals surface area contributed by atoms with E-state index in [0.717, 1.165) is 23.6 Å². The summed E-state index contributed by atoms with van der Waals surface area (Å²) in [7, 11) is 0. The standard InChI is InChI=1S/C13H17ClO2/c1-9-7-13(15-8-9)16-10(2)11-3-5-12(14)6-4-11/h3-6,9-10,13H,7-8H2,1-2H3/t9-,10?,13?/m1/s1. The molecule has 1 aliphatic rings. The van der Waals surface area contributed by atoms with Crippen molar-refractivity contribution < 1.29 is 9.47 Å². The monoisotopic (exact) mass is 240 g/mol. The number of halogens is 1. The first kappa shape index (κ1) is 11.9. The Labute approximate surface area is 102 Å². The molecule has 1 saturated heterocycles. The number of rotatable bonds is 3. The summed E-state index contributed by atoms with van der Waals surface area (Å²) in [5.74, 6) is 0.599. The Hall–Kier alpha value is -0.570. The van der Waals surface area contributed by atoms with E-state index in [4.69, 9.17) is 21.1 Å². The Morgan fingerprint density at radius 2 is 2.06 bits per heavy atom. The van der Waals surface area contributed by atoms with Gasteiger partial charge in [0.1, 0.15) is 0 Å². The molecule has 1 aromatic carbocycles. The Balaban J connectivity index is 1.92. The van der Waals surface area contributed by atoms with Gasteiger partial charge in [-0.3, -0.25) is 0 Å². The maximum atomic E-state index is 5.84. The molecule has 1 aromatic rings. The van der Waals surface area contributed by atoms with Crippen LogP contribution in [0.15, 0.2) is 24.3 Å². The van der Waals surface area contributed by atoms with Crippen molar-refractivity contribution in [1.29, 1.82) is 0 Å². The highest BCUT2D eigenvalue weighted by molar-refractivity contribution is 6.30. The summed E-state index contributed by atoms with van der Waals surface area (Å²) < 4.78 is 11.4. The van der Waals surface area contributed by atoms with Crippen LogP contribution >= 0.6 is 11.6 Å². The first-order chi connectivity index (χ1) is 7.65. The first-order valence-corrected chi connectivity index (χ1v) is 6.05. The van der Waals surface area contributed by atoms with Crippen molar-refractivity contribution in [3.8, 4) is 0 Å². The van der Waals surface area contributed by atoms with Crippen molar-refractivity contribution in [3.63, 3.8) is 0 Å². The van der Waals surface area contributed by atoms with E-state index in [1.165, 1.54) is 0 Å². The molecule has 2 unspecified atom stereocenters. The van der Waals surface area contributed by atoms with Crippen molar-refractivity contribution in [2.24, 2.45) is 5.92 Å². The molecule has 0 amide bonds. The van der Waals surface area contributed by atoms with Gasteiger partial charge in [-0.2, -0.15) is 0 Å². The molecule has 0 bridgehead atoms. The Morgan fingerprint density at radius 1 is 1.38 bits per heavy atom. The minimum Gasteiger partial charge on any atom is -0.352 e. The van der Waals surface area contributed by atoms with E-state index in [9.17, 15) is 0 Å². The highest BCUT2D eigenvalue weighted by Crippen LogP contribution is 2.26. The molecular weight excluding hydrogens is 224 g/mol. The zero-order valence-electron chi connectivity index (χ0n) is 9.65. The molecular formula is C13H17ClO2. The van der Waals surface area contributed by atoms with Gasteiger partial charge in [-0.05, 0) is 30.5 Å². The van der Waals surface area contributed by atoms with Crippen LogP contribution in [0.2, 0.25) is 5.02 Å². The Morgan fingerprint density at radius 3 is 2.62 bits per heavy atom. The quantitative estimate of drug-likeness (QED) is 0.800. The smallest absolute Gasteiger partial charge is 0.158 e. The molecule has 0 spiro atoms. The molecule has 0 saturated carbocycles. The highest BCUT2D eigenvalue weighted by atomic mass is 35.5. The molecule has 1 aliphatic heterocycles. The molecule has 1 fully saturated rings. The zero-order chi connectivity index (χ0) is 11.5. The van der Waals surface area contributed by atoms with E-state index in [1.54, 1.807) is 0 Å². The molecule has 2 nitrogen and oxygen atoms in total. The predicted molar refractivity (Wildman–Crippen MR) is 64.5 cm³/mol. The lowest BCUT2D eigenvalue weighted by atomic mass is 10.1. The van der Waals surface area contributed by atoms with Crippen LogP contribution in [-0.4, -0.2) is 12.9 Å². The minimum atomic E-state index is -0.0549. The Bertz CT molecular complexity index is 336. The highest BCUT2D eigenvalue weighted by Gasteiger charge is 2.24. The molecule has 3 heteroatoms. The predicted octanol–water partition coefficient (Wildman–Crippen LogP) is 3.80. The summed E-state index contributed by atoms with van der Waals surface area (Å²) in [5.41, 5.74) is 1.13. The molecule has 3 atom stereocenters. The van der Waals surface area contributed by atoms with Gasteiger partial charge in [0.15, 0.2) is 6.29 Å². The summed E-state index contributed by atoms with van der Waals surface area (Å²) in [6, 6.07) is 7.75. The molecule has 16 heavy (non-hydrogen) atoms. The van der Waals surface area contributed by atoms with Gasteiger partial charge in [-0.15, -0.1) is 0 Å². The van der Waals surface area contributed by atoms with Gasteiger partial charge in [0.25, 0.3) is 0 Å². The largest absolute Gasteiger partial charge is 0.352 e. The first-order valence-electron chi connectivity index (χ1n) is 5.67. The van der Waals surface area contributed by atoms with Crippen molar-refractivity contribution in [1.82, 2.24) is 0 Å². The maximum absolute atomic E-state index is 5.84. The average molecular weight is 241 g/mol. The van der Waals surface area contributed by atoms with Crippen molar-refractivity contribution in [2.75, 3.05) is 6.61 Å². The van der Waals surface area contributed by atoms with Crippen LogP contribution in [0.1, 0.15) is 31.9 Å². The van der Waals surface area contributed by atoms with Gasteiger partial charge in [0.05, 0.1) is 12.7 Å². The van der Waals surface area contributed by atoms with Crippen LogP contribution in [0.3, 0.4) is 0 Å². The normalized spacial score (nSPS) is 26.9. The second-order valence-electron chi connectivity index (χ2n) is 4.43. The summed E-state index contributed by atoms with van der Waals surface area (Å²) in [6.07, 6.45) is 0.978. The van der Waals surface area contributed by atoms with E-state index in [0.29, 0.717) is 5.92 Å². The third kappa shape index (κ3) is 2.97. The molecule has 0 aromatic heterocycles. The fraction of sp³-hybridized carbons (Fsp3) is 0.538. The van der Waals surface area contributed by atoms with Gasteiger partial charge in [-0.25, -0.2) is 0 Å². The van der Waals surface area contributed by atoms with Gasteiger partial charge in [0.2, 0.25) is 0 Å². The van der Waals surface area contributed by atoms with Gasteiger partial charge in [-0.1, -0.05) is 30.7 Å². The molecule has 88 valence electrons. The molecule has 0 N–H and O–H groups in total. The van der Waals surface area contributed by atoms with E-state index in [1.807, 2.05) is 31.2 Å². The van der Waals surface area contributed by atoms with Crippen LogP contribution in [0.25, 0.3) is 0 Å². The third-order valence-electron chi connectivity index (χ3n) is 2.86. The summed E-state index contributed by atoms with van der Waals surface area (Å²) in [5, 5.41) is 0.752. The number of hydrogen-bond acceptors (Lipinski definition) is 2.